The Balaban J connectivity index is 1.59. The average Bonchev–Trinajstić information content (AvgIpc) is 3.23. The van der Waals surface area contributed by atoms with E-state index in [-0.39, 0.29) is 28.0 Å². The van der Waals surface area contributed by atoms with Gasteiger partial charge < -0.3 is 4.74 Å². The first-order valence-electron chi connectivity index (χ1n) is 11.1. The molecule has 9 heteroatoms. The molecule has 0 spiro atoms. The first-order chi connectivity index (χ1) is 17.7. The molecule has 0 aliphatic carbocycles. The summed E-state index contributed by atoms with van der Waals surface area (Å²) >= 11 is 5.86. The van der Waals surface area contributed by atoms with Gasteiger partial charge in [-0.3, -0.25) is 9.48 Å². The highest BCUT2D eigenvalue weighted by atomic mass is 35.5. The number of nitrogens with zero attached hydrogens (tertiary/aromatic N) is 2. The third-order valence-corrected chi connectivity index (χ3v) is 6.00. The topological polar surface area (TPSA) is 44.1 Å². The Bertz CT molecular complexity index is 1610. The van der Waals surface area contributed by atoms with Crippen LogP contribution < -0.4 is 4.74 Å². The number of carbonyl (C=O) groups is 1. The number of ether oxygens (including phenoxy) is 1. The molecule has 4 nitrogen and oxygen atoms in total. The lowest BCUT2D eigenvalue weighted by Gasteiger charge is -2.11. The minimum Gasteiger partial charge on any atom is -0.457 e. The lowest BCUT2D eigenvalue weighted by atomic mass is 10.0. The molecule has 5 aromatic rings. The van der Waals surface area contributed by atoms with Gasteiger partial charge in [-0.05, 0) is 54.6 Å². The van der Waals surface area contributed by atoms with Gasteiger partial charge in [-0.25, -0.2) is 4.39 Å². The second-order valence-electron chi connectivity index (χ2n) is 8.26. The van der Waals surface area contributed by atoms with Crippen LogP contribution in [0.1, 0.15) is 21.5 Å². The van der Waals surface area contributed by atoms with Gasteiger partial charge in [-0.15, -0.1) is 0 Å². The minimum atomic E-state index is -4.62. The van der Waals surface area contributed by atoms with E-state index >= 15 is 0 Å². The molecule has 0 aliphatic heterocycles. The highest BCUT2D eigenvalue weighted by Crippen LogP contribution is 2.38. The fourth-order valence-corrected chi connectivity index (χ4v) is 4.24. The van der Waals surface area contributed by atoms with Crippen LogP contribution in [0.4, 0.5) is 17.6 Å². The molecule has 0 radical (unpaired) electrons. The predicted molar refractivity (Wildman–Crippen MR) is 133 cm³/mol. The van der Waals surface area contributed by atoms with Crippen molar-refractivity contribution in [3.05, 3.63) is 112 Å². The van der Waals surface area contributed by atoms with E-state index in [0.717, 1.165) is 12.1 Å². The van der Waals surface area contributed by atoms with Crippen LogP contribution in [-0.2, 0) is 12.7 Å². The normalized spacial score (nSPS) is 11.6. The highest BCUT2D eigenvalue weighted by molar-refractivity contribution is 6.30. The maximum absolute atomic E-state index is 14.6. The number of aldehydes is 1. The van der Waals surface area contributed by atoms with E-state index in [0.29, 0.717) is 34.6 Å². The standard InChI is InChI=1S/C28H17ClF4N2O2/c29-20-10-7-19(25(30)14-20)15-35-27(23-5-2-6-24(26(23)34-35)28(31,32)33)18-8-11-21(12-9-18)37-22-4-1-3-17(13-22)16-36/h1-14,16H,15H2. The molecular weight excluding hydrogens is 508 g/mol. The molecule has 37 heavy (non-hydrogen) atoms. The minimum absolute atomic E-state index is 0.110. The number of halogens is 5. The van der Waals surface area contributed by atoms with Crippen LogP contribution >= 0.6 is 11.6 Å². The van der Waals surface area contributed by atoms with Gasteiger partial charge in [0, 0.05) is 27.1 Å². The van der Waals surface area contributed by atoms with Gasteiger partial charge >= 0.3 is 6.18 Å². The zero-order valence-electron chi connectivity index (χ0n) is 19.0. The van der Waals surface area contributed by atoms with Crippen LogP contribution in [0.25, 0.3) is 22.2 Å². The smallest absolute Gasteiger partial charge is 0.418 e. The lowest BCUT2D eigenvalue weighted by molar-refractivity contribution is -0.136. The molecule has 186 valence electrons. The van der Waals surface area contributed by atoms with Gasteiger partial charge in [0.25, 0.3) is 0 Å². The van der Waals surface area contributed by atoms with E-state index in [1.165, 1.54) is 22.9 Å². The molecule has 0 atom stereocenters. The second-order valence-corrected chi connectivity index (χ2v) is 8.69. The molecule has 0 bridgehead atoms. The van der Waals surface area contributed by atoms with Crippen molar-refractivity contribution in [1.29, 1.82) is 0 Å². The molecule has 0 saturated heterocycles. The number of hydrogen-bond acceptors (Lipinski definition) is 3. The van der Waals surface area contributed by atoms with Crippen LogP contribution in [0.2, 0.25) is 5.02 Å². The maximum atomic E-state index is 14.6. The number of hydrogen-bond donors (Lipinski definition) is 0. The van der Waals surface area contributed by atoms with Crippen molar-refractivity contribution in [3.8, 4) is 22.8 Å². The van der Waals surface area contributed by atoms with E-state index in [4.69, 9.17) is 16.3 Å². The average molecular weight is 525 g/mol. The van der Waals surface area contributed by atoms with Crippen molar-refractivity contribution < 1.29 is 27.1 Å². The fraction of sp³-hybridized carbons (Fsp3) is 0.0714. The molecule has 1 aromatic heterocycles. The van der Waals surface area contributed by atoms with Crippen LogP contribution in [0.15, 0.2) is 84.9 Å². The molecule has 1 heterocycles. The van der Waals surface area contributed by atoms with Crippen molar-refractivity contribution >= 4 is 28.8 Å². The Hall–Kier alpha value is -4.17. The van der Waals surface area contributed by atoms with Crippen molar-refractivity contribution in [2.45, 2.75) is 12.7 Å². The van der Waals surface area contributed by atoms with Crippen molar-refractivity contribution in [2.24, 2.45) is 0 Å². The number of rotatable bonds is 6. The first kappa shape index (κ1) is 24.5. The number of aromatic nitrogens is 2. The van der Waals surface area contributed by atoms with Crippen molar-refractivity contribution in [3.63, 3.8) is 0 Å². The number of benzene rings is 4. The zero-order valence-corrected chi connectivity index (χ0v) is 19.7. The van der Waals surface area contributed by atoms with Crippen LogP contribution in [-0.4, -0.2) is 16.1 Å². The maximum Gasteiger partial charge on any atom is 0.418 e. The summed E-state index contributed by atoms with van der Waals surface area (Å²) in [6.07, 6.45) is -3.91. The van der Waals surface area contributed by atoms with E-state index in [1.54, 1.807) is 54.6 Å². The van der Waals surface area contributed by atoms with E-state index < -0.39 is 17.6 Å². The molecule has 0 fully saturated rings. The van der Waals surface area contributed by atoms with E-state index in [2.05, 4.69) is 5.10 Å². The van der Waals surface area contributed by atoms with Crippen molar-refractivity contribution in [2.75, 3.05) is 0 Å². The van der Waals surface area contributed by atoms with Gasteiger partial charge in [0.1, 0.15) is 29.1 Å². The summed E-state index contributed by atoms with van der Waals surface area (Å²) in [6.45, 7) is -0.110. The quantitative estimate of drug-likeness (QED) is 0.166. The Morgan fingerprint density at radius 2 is 1.68 bits per heavy atom. The third kappa shape index (κ3) is 5.06. The third-order valence-electron chi connectivity index (χ3n) is 5.77. The van der Waals surface area contributed by atoms with Gasteiger partial charge in [-0.2, -0.15) is 18.3 Å². The van der Waals surface area contributed by atoms with Crippen LogP contribution in [0, 0.1) is 5.82 Å². The predicted octanol–water partition coefficient (Wildman–Crippen LogP) is 8.17. The molecule has 5 rings (SSSR count). The number of fused-ring (bicyclic) bond motifs is 1. The summed E-state index contributed by atoms with van der Waals surface area (Å²) in [4.78, 5) is 11.0. The summed E-state index contributed by atoms with van der Waals surface area (Å²) in [7, 11) is 0. The Labute approximate surface area is 213 Å². The summed E-state index contributed by atoms with van der Waals surface area (Å²) in [5.74, 6) is 0.332. The van der Waals surface area contributed by atoms with Gasteiger partial charge in [-0.1, -0.05) is 41.9 Å². The molecule has 0 unspecified atom stereocenters. The summed E-state index contributed by atoms with van der Waals surface area (Å²) in [6, 6.07) is 21.3. The van der Waals surface area contributed by atoms with Crippen molar-refractivity contribution in [1.82, 2.24) is 9.78 Å². The van der Waals surface area contributed by atoms with Gasteiger partial charge in [0.05, 0.1) is 17.8 Å². The fourth-order valence-electron chi connectivity index (χ4n) is 4.08. The monoisotopic (exact) mass is 524 g/mol. The van der Waals surface area contributed by atoms with Crippen LogP contribution in [0.3, 0.4) is 0 Å². The second kappa shape index (κ2) is 9.71. The number of carbonyl (C=O) groups excluding carboxylic acids is 1. The van der Waals surface area contributed by atoms with Gasteiger partial charge in [0.2, 0.25) is 0 Å². The summed E-state index contributed by atoms with van der Waals surface area (Å²) < 4.78 is 63.0. The molecular formula is C28H17ClF4N2O2. The van der Waals surface area contributed by atoms with Crippen LogP contribution in [0.5, 0.6) is 11.5 Å². The first-order valence-corrected chi connectivity index (χ1v) is 11.4. The number of alkyl halides is 3. The van der Waals surface area contributed by atoms with E-state index in [9.17, 15) is 22.4 Å². The zero-order chi connectivity index (χ0) is 26.2. The summed E-state index contributed by atoms with van der Waals surface area (Å²) in [5, 5.41) is 4.74. The Morgan fingerprint density at radius 3 is 2.38 bits per heavy atom. The molecule has 0 amide bonds. The van der Waals surface area contributed by atoms with E-state index in [1.807, 2.05) is 0 Å². The summed E-state index contributed by atoms with van der Waals surface area (Å²) in [5.41, 5.74) is 0.526. The highest BCUT2D eigenvalue weighted by Gasteiger charge is 2.34. The molecule has 4 aromatic carbocycles. The SMILES string of the molecule is O=Cc1cccc(Oc2ccc(-c3c4cccc(C(F)(F)F)c4nn3Cc3ccc(Cl)cc3F)cc2)c1. The Morgan fingerprint density at radius 1 is 0.919 bits per heavy atom. The largest absolute Gasteiger partial charge is 0.457 e. The van der Waals surface area contributed by atoms with Gasteiger partial charge in [0.15, 0.2) is 0 Å². The lowest BCUT2D eigenvalue weighted by Crippen LogP contribution is -2.07. The molecule has 0 aliphatic rings. The Kier molecular flexibility index (Phi) is 6.43. The molecule has 0 saturated carbocycles. The molecule has 0 N–H and O–H groups in total.